The van der Waals surface area contributed by atoms with Gasteiger partial charge in [0.25, 0.3) is 5.91 Å². The highest BCUT2D eigenvalue weighted by Crippen LogP contribution is 2.24. The number of hydrogen-bond acceptors (Lipinski definition) is 7. The van der Waals surface area contributed by atoms with Gasteiger partial charge >= 0.3 is 0 Å². The molecule has 0 saturated heterocycles. The number of nitrogen functional groups attached to an aromatic ring is 1. The van der Waals surface area contributed by atoms with Crippen LogP contribution in [0, 0.1) is 0 Å². The highest BCUT2D eigenvalue weighted by molar-refractivity contribution is 7.98. The molecule has 0 radical (unpaired) electrons. The highest BCUT2D eigenvalue weighted by Gasteiger charge is 2.08. The van der Waals surface area contributed by atoms with E-state index < -0.39 is 0 Å². The fourth-order valence-corrected chi connectivity index (χ4v) is 2.59. The average molecular weight is 301 g/mol. The van der Waals surface area contributed by atoms with Gasteiger partial charge < -0.3 is 4.98 Å². The van der Waals surface area contributed by atoms with Crippen LogP contribution in [0.5, 0.6) is 0 Å². The van der Waals surface area contributed by atoms with Crippen molar-refractivity contribution in [1.82, 2.24) is 30.3 Å². The minimum Gasteiger partial charge on any atom is -0.341 e. The molecule has 0 saturated carbocycles. The molecular formula is C12H11N7OS. The molecule has 0 spiro atoms. The summed E-state index contributed by atoms with van der Waals surface area (Å²) in [6, 6.07) is 3.46. The number of carbonyl (C=O) groups is 1. The van der Waals surface area contributed by atoms with E-state index in [9.17, 15) is 4.79 Å². The number of carbonyl (C=O) groups excluding carboxylic acids is 1. The molecule has 9 heteroatoms. The maximum atomic E-state index is 11.3. The van der Waals surface area contributed by atoms with Crippen molar-refractivity contribution in [3.05, 3.63) is 42.2 Å². The zero-order valence-corrected chi connectivity index (χ0v) is 11.6. The standard InChI is InChI=1S/C12H11N7OS/c13-19-11(20)7-1-2-8(14-3-7)4-21-12-9-10(16-5-15-9)17-6-18-12/h1-3,5-6H,4,13H2,(H,19,20)(H,15,16,17,18). The number of hydrogen-bond donors (Lipinski definition) is 3. The van der Waals surface area contributed by atoms with Gasteiger partial charge in [-0.1, -0.05) is 11.8 Å². The first kappa shape index (κ1) is 13.5. The summed E-state index contributed by atoms with van der Waals surface area (Å²) in [7, 11) is 0. The summed E-state index contributed by atoms with van der Waals surface area (Å²) in [5.74, 6) is 5.32. The summed E-state index contributed by atoms with van der Waals surface area (Å²) in [4.78, 5) is 30.9. The quantitative estimate of drug-likeness (QED) is 0.212. The Morgan fingerprint density at radius 1 is 1.29 bits per heavy atom. The third-order valence-corrected chi connectivity index (χ3v) is 3.79. The molecule has 106 valence electrons. The van der Waals surface area contributed by atoms with Gasteiger partial charge in [0.15, 0.2) is 5.65 Å². The number of pyridine rings is 1. The van der Waals surface area contributed by atoms with E-state index in [-0.39, 0.29) is 5.91 Å². The van der Waals surface area contributed by atoms with Crippen LogP contribution in [-0.2, 0) is 5.75 Å². The fraction of sp³-hybridized carbons (Fsp3) is 0.0833. The molecule has 0 aliphatic carbocycles. The fourth-order valence-electron chi connectivity index (χ4n) is 1.72. The van der Waals surface area contributed by atoms with Crippen molar-refractivity contribution in [2.24, 2.45) is 5.84 Å². The maximum absolute atomic E-state index is 11.3. The summed E-state index contributed by atoms with van der Waals surface area (Å²) in [6.45, 7) is 0. The number of imidazole rings is 1. The van der Waals surface area contributed by atoms with E-state index in [1.807, 2.05) is 0 Å². The Hall–Kier alpha value is -2.52. The number of nitrogens with two attached hydrogens (primary N) is 1. The van der Waals surface area contributed by atoms with Crippen LogP contribution >= 0.6 is 11.8 Å². The second-order valence-electron chi connectivity index (χ2n) is 4.08. The van der Waals surface area contributed by atoms with Crippen LogP contribution in [-0.4, -0.2) is 30.8 Å². The molecule has 8 nitrogen and oxygen atoms in total. The zero-order chi connectivity index (χ0) is 14.7. The SMILES string of the molecule is NNC(=O)c1ccc(CSc2ncnc3nc[nH]c23)nc1. The van der Waals surface area contributed by atoms with Crippen LogP contribution in [0.15, 0.2) is 36.0 Å². The van der Waals surface area contributed by atoms with Crippen molar-refractivity contribution in [2.45, 2.75) is 10.8 Å². The Balaban J connectivity index is 1.73. The molecule has 0 fully saturated rings. The van der Waals surface area contributed by atoms with Crippen LogP contribution in [0.2, 0.25) is 0 Å². The topological polar surface area (TPSA) is 122 Å². The summed E-state index contributed by atoms with van der Waals surface area (Å²) in [5.41, 5.74) is 4.76. The number of fused-ring (bicyclic) bond motifs is 1. The van der Waals surface area contributed by atoms with Crippen molar-refractivity contribution in [2.75, 3.05) is 0 Å². The van der Waals surface area contributed by atoms with Gasteiger partial charge in [-0.25, -0.2) is 20.8 Å². The monoisotopic (exact) mass is 301 g/mol. The Morgan fingerprint density at radius 2 is 2.19 bits per heavy atom. The van der Waals surface area contributed by atoms with Crippen molar-refractivity contribution >= 4 is 28.8 Å². The van der Waals surface area contributed by atoms with E-state index in [2.05, 4.69) is 30.3 Å². The molecule has 21 heavy (non-hydrogen) atoms. The van der Waals surface area contributed by atoms with Gasteiger partial charge in [0.2, 0.25) is 0 Å². The number of aromatic amines is 1. The number of rotatable bonds is 4. The van der Waals surface area contributed by atoms with E-state index in [1.54, 1.807) is 18.5 Å². The smallest absolute Gasteiger partial charge is 0.266 e. The number of aromatic nitrogens is 5. The van der Waals surface area contributed by atoms with Crippen LogP contribution in [0.1, 0.15) is 16.1 Å². The molecule has 0 bridgehead atoms. The predicted octanol–water partition coefficient (Wildman–Crippen LogP) is 0.644. The third-order valence-electron chi connectivity index (χ3n) is 2.76. The van der Waals surface area contributed by atoms with Gasteiger partial charge in [-0.3, -0.25) is 15.2 Å². The second-order valence-corrected chi connectivity index (χ2v) is 5.04. The van der Waals surface area contributed by atoms with Crippen molar-refractivity contribution in [3.8, 4) is 0 Å². The summed E-state index contributed by atoms with van der Waals surface area (Å²) < 4.78 is 0. The van der Waals surface area contributed by atoms with E-state index >= 15 is 0 Å². The largest absolute Gasteiger partial charge is 0.341 e. The molecule has 3 heterocycles. The Kier molecular flexibility index (Phi) is 3.75. The average Bonchev–Trinajstić information content (AvgIpc) is 3.02. The first-order chi connectivity index (χ1) is 10.3. The number of nitrogens with one attached hydrogen (secondary N) is 2. The third kappa shape index (κ3) is 2.83. The lowest BCUT2D eigenvalue weighted by Gasteiger charge is -2.03. The molecule has 1 amide bonds. The highest BCUT2D eigenvalue weighted by atomic mass is 32.2. The lowest BCUT2D eigenvalue weighted by Crippen LogP contribution is -2.30. The molecule has 0 aliphatic rings. The number of amides is 1. The van der Waals surface area contributed by atoms with Crippen molar-refractivity contribution in [3.63, 3.8) is 0 Å². The summed E-state index contributed by atoms with van der Waals surface area (Å²) in [6.07, 6.45) is 4.55. The lowest BCUT2D eigenvalue weighted by atomic mass is 10.2. The molecule has 0 aromatic carbocycles. The van der Waals surface area contributed by atoms with Gasteiger partial charge in [-0.05, 0) is 12.1 Å². The summed E-state index contributed by atoms with van der Waals surface area (Å²) in [5, 5.41) is 0.808. The molecule has 3 aromatic heterocycles. The zero-order valence-electron chi connectivity index (χ0n) is 10.8. The van der Waals surface area contributed by atoms with Crippen molar-refractivity contribution < 1.29 is 4.79 Å². The minimum atomic E-state index is -0.364. The van der Waals surface area contributed by atoms with Gasteiger partial charge in [-0.2, -0.15) is 0 Å². The first-order valence-corrected chi connectivity index (χ1v) is 6.99. The molecule has 3 rings (SSSR count). The number of H-pyrrole nitrogens is 1. The molecular weight excluding hydrogens is 290 g/mol. The normalized spacial score (nSPS) is 10.7. The maximum Gasteiger partial charge on any atom is 0.266 e. The van der Waals surface area contributed by atoms with E-state index in [0.717, 1.165) is 16.2 Å². The number of nitrogens with zero attached hydrogens (tertiary/aromatic N) is 4. The van der Waals surface area contributed by atoms with Crippen LogP contribution in [0.25, 0.3) is 11.2 Å². The van der Waals surface area contributed by atoms with E-state index in [1.165, 1.54) is 24.3 Å². The molecule has 4 N–H and O–H groups in total. The Morgan fingerprint density at radius 3 is 2.95 bits per heavy atom. The Labute approximate surface area is 123 Å². The molecule has 0 atom stereocenters. The first-order valence-electron chi connectivity index (χ1n) is 6.00. The van der Waals surface area contributed by atoms with Gasteiger partial charge in [0, 0.05) is 11.9 Å². The second kappa shape index (κ2) is 5.85. The van der Waals surface area contributed by atoms with Crippen molar-refractivity contribution in [1.29, 1.82) is 0 Å². The molecule has 3 aromatic rings. The molecule has 0 unspecified atom stereocenters. The molecule has 0 aliphatic heterocycles. The minimum absolute atomic E-state index is 0.364. The van der Waals surface area contributed by atoms with E-state index in [0.29, 0.717) is 17.0 Å². The number of hydrazine groups is 1. The number of thioether (sulfide) groups is 1. The van der Waals surface area contributed by atoms with Gasteiger partial charge in [0.05, 0.1) is 17.6 Å². The van der Waals surface area contributed by atoms with Gasteiger partial charge in [0.1, 0.15) is 16.9 Å². The van der Waals surface area contributed by atoms with Gasteiger partial charge in [-0.15, -0.1) is 0 Å². The van der Waals surface area contributed by atoms with Crippen LogP contribution in [0.3, 0.4) is 0 Å². The Bertz CT molecular complexity index is 771. The summed E-state index contributed by atoms with van der Waals surface area (Å²) >= 11 is 1.52. The van der Waals surface area contributed by atoms with E-state index in [4.69, 9.17) is 5.84 Å². The lowest BCUT2D eigenvalue weighted by molar-refractivity contribution is 0.0953. The van der Waals surface area contributed by atoms with Crippen LogP contribution in [0.4, 0.5) is 0 Å². The van der Waals surface area contributed by atoms with Crippen LogP contribution < -0.4 is 11.3 Å². The predicted molar refractivity (Wildman–Crippen MR) is 77.1 cm³/mol.